The average molecular weight is 347 g/mol. The molecule has 0 aliphatic carbocycles. The van der Waals surface area contributed by atoms with Gasteiger partial charge in [0.05, 0.1) is 11.6 Å². The van der Waals surface area contributed by atoms with Crippen LogP contribution in [0.25, 0.3) is 10.9 Å². The molecule has 2 nitrogen and oxygen atoms in total. The number of halogens is 1. The molecule has 3 aromatic rings. The number of pyridine rings is 1. The highest BCUT2D eigenvalue weighted by molar-refractivity contribution is 9.10. The van der Waals surface area contributed by atoms with Crippen LogP contribution in [0.1, 0.15) is 24.1 Å². The second-order valence-electron chi connectivity index (χ2n) is 4.59. The molecule has 1 unspecified atom stereocenters. The average Bonchev–Trinajstić information content (AvgIpc) is 2.90. The Morgan fingerprint density at radius 1 is 1.20 bits per heavy atom. The molecule has 0 radical (unpaired) electrons. The van der Waals surface area contributed by atoms with Gasteiger partial charge >= 0.3 is 0 Å². The molecule has 1 aromatic carbocycles. The fourth-order valence-electron chi connectivity index (χ4n) is 2.45. The lowest BCUT2D eigenvalue weighted by molar-refractivity contribution is 0.633. The molecule has 2 heterocycles. The normalized spacial score (nSPS) is 12.7. The first-order valence-electron chi connectivity index (χ1n) is 6.60. The first kappa shape index (κ1) is 13.7. The largest absolute Gasteiger partial charge is 0.306 e. The highest BCUT2D eigenvalue weighted by Crippen LogP contribution is 2.34. The molecule has 4 heteroatoms. The van der Waals surface area contributed by atoms with E-state index < -0.39 is 0 Å². The summed E-state index contributed by atoms with van der Waals surface area (Å²) in [6.45, 7) is 3.04. The number of thiophene rings is 1. The van der Waals surface area contributed by atoms with E-state index in [0.29, 0.717) is 0 Å². The standard InChI is InChI=1S/C16H15BrN2S/c1-2-18-16(13-9-20-10-14(13)17)12-7-3-5-11-6-4-8-19-15(11)12/h3-10,16,18H,2H2,1H3. The van der Waals surface area contributed by atoms with Gasteiger partial charge in [0.15, 0.2) is 0 Å². The third-order valence-corrected chi connectivity index (χ3v) is 5.09. The van der Waals surface area contributed by atoms with Crippen molar-refractivity contribution in [2.45, 2.75) is 13.0 Å². The maximum Gasteiger partial charge on any atom is 0.0753 e. The summed E-state index contributed by atoms with van der Waals surface area (Å²) >= 11 is 5.36. The Hall–Kier alpha value is -1.23. The summed E-state index contributed by atoms with van der Waals surface area (Å²) in [5, 5.41) is 9.07. The second-order valence-corrected chi connectivity index (χ2v) is 6.19. The van der Waals surface area contributed by atoms with Crippen molar-refractivity contribution < 1.29 is 0 Å². The molecule has 102 valence electrons. The molecule has 0 aliphatic heterocycles. The van der Waals surface area contributed by atoms with Crippen LogP contribution in [0, 0.1) is 0 Å². The van der Waals surface area contributed by atoms with Crippen molar-refractivity contribution in [1.82, 2.24) is 10.3 Å². The molecule has 20 heavy (non-hydrogen) atoms. The number of hydrogen-bond donors (Lipinski definition) is 1. The molecule has 0 fully saturated rings. The zero-order chi connectivity index (χ0) is 13.9. The summed E-state index contributed by atoms with van der Waals surface area (Å²) in [7, 11) is 0. The lowest BCUT2D eigenvalue weighted by Gasteiger charge is -2.19. The van der Waals surface area contributed by atoms with Gasteiger partial charge in [-0.15, -0.1) is 0 Å². The highest BCUT2D eigenvalue weighted by Gasteiger charge is 2.19. The molecule has 2 aromatic heterocycles. The van der Waals surface area contributed by atoms with E-state index in [0.717, 1.165) is 16.5 Å². The predicted molar refractivity (Wildman–Crippen MR) is 89.3 cm³/mol. The van der Waals surface area contributed by atoms with Gasteiger partial charge in [-0.05, 0) is 45.0 Å². The summed E-state index contributed by atoms with van der Waals surface area (Å²) in [4.78, 5) is 4.57. The van der Waals surface area contributed by atoms with Crippen LogP contribution in [-0.4, -0.2) is 11.5 Å². The first-order valence-corrected chi connectivity index (χ1v) is 8.33. The Bertz CT molecular complexity index is 718. The van der Waals surface area contributed by atoms with E-state index in [1.165, 1.54) is 16.5 Å². The molecule has 0 saturated heterocycles. The molecule has 0 spiro atoms. The number of para-hydroxylation sites is 1. The molecule has 0 saturated carbocycles. The number of rotatable bonds is 4. The number of hydrogen-bond acceptors (Lipinski definition) is 3. The SMILES string of the molecule is CCNC(c1cscc1Br)c1cccc2cccnc12. The molecule has 3 rings (SSSR count). The summed E-state index contributed by atoms with van der Waals surface area (Å²) in [5.74, 6) is 0. The highest BCUT2D eigenvalue weighted by atomic mass is 79.9. The van der Waals surface area contributed by atoms with Gasteiger partial charge in [0.2, 0.25) is 0 Å². The fraction of sp³-hybridized carbons (Fsp3) is 0.188. The Morgan fingerprint density at radius 3 is 2.80 bits per heavy atom. The van der Waals surface area contributed by atoms with E-state index in [1.807, 2.05) is 12.3 Å². The van der Waals surface area contributed by atoms with E-state index in [2.05, 4.69) is 68.2 Å². The van der Waals surface area contributed by atoms with Crippen molar-refractivity contribution in [3.05, 3.63) is 62.9 Å². The molecule has 0 amide bonds. The summed E-state index contributed by atoms with van der Waals surface area (Å²) < 4.78 is 1.15. The van der Waals surface area contributed by atoms with Crippen LogP contribution in [0.15, 0.2) is 51.8 Å². The third kappa shape index (κ3) is 2.51. The maximum atomic E-state index is 4.57. The van der Waals surface area contributed by atoms with Gasteiger partial charge in [0, 0.05) is 21.4 Å². The summed E-state index contributed by atoms with van der Waals surface area (Å²) in [6, 6.07) is 10.6. The van der Waals surface area contributed by atoms with Crippen LogP contribution in [0.4, 0.5) is 0 Å². The van der Waals surface area contributed by atoms with Crippen LogP contribution < -0.4 is 5.32 Å². The van der Waals surface area contributed by atoms with Crippen molar-refractivity contribution in [3.63, 3.8) is 0 Å². The van der Waals surface area contributed by atoms with Crippen molar-refractivity contribution >= 4 is 38.2 Å². The molecule has 0 aliphatic rings. The van der Waals surface area contributed by atoms with Crippen LogP contribution in [-0.2, 0) is 0 Å². The maximum absolute atomic E-state index is 4.57. The van der Waals surface area contributed by atoms with Gasteiger partial charge in [-0.25, -0.2) is 0 Å². The van der Waals surface area contributed by atoms with E-state index in [4.69, 9.17) is 0 Å². The monoisotopic (exact) mass is 346 g/mol. The smallest absolute Gasteiger partial charge is 0.0753 e. The van der Waals surface area contributed by atoms with E-state index in [9.17, 15) is 0 Å². The lowest BCUT2D eigenvalue weighted by atomic mass is 9.98. The Labute approximate surface area is 131 Å². The minimum atomic E-state index is 0.166. The van der Waals surface area contributed by atoms with Crippen molar-refractivity contribution in [1.29, 1.82) is 0 Å². The third-order valence-electron chi connectivity index (χ3n) is 3.34. The first-order chi connectivity index (χ1) is 9.81. The molecular weight excluding hydrogens is 332 g/mol. The molecule has 0 bridgehead atoms. The Kier molecular flexibility index (Phi) is 4.15. The minimum Gasteiger partial charge on any atom is -0.306 e. The number of nitrogens with zero attached hydrogens (tertiary/aromatic N) is 1. The van der Waals surface area contributed by atoms with Crippen molar-refractivity contribution in [3.8, 4) is 0 Å². The van der Waals surface area contributed by atoms with Gasteiger partial charge in [-0.1, -0.05) is 31.2 Å². The van der Waals surface area contributed by atoms with Crippen LogP contribution in [0.5, 0.6) is 0 Å². The number of aromatic nitrogens is 1. The van der Waals surface area contributed by atoms with E-state index in [-0.39, 0.29) is 6.04 Å². The second kappa shape index (κ2) is 6.04. The minimum absolute atomic E-state index is 0.166. The topological polar surface area (TPSA) is 24.9 Å². The molecular formula is C16H15BrN2S. The van der Waals surface area contributed by atoms with Gasteiger partial charge in [-0.2, -0.15) is 11.3 Å². The molecule has 1 N–H and O–H groups in total. The number of benzene rings is 1. The number of fused-ring (bicyclic) bond motifs is 1. The van der Waals surface area contributed by atoms with Gasteiger partial charge in [0.1, 0.15) is 0 Å². The van der Waals surface area contributed by atoms with Crippen molar-refractivity contribution in [2.24, 2.45) is 0 Å². The Balaban J connectivity index is 2.17. The lowest BCUT2D eigenvalue weighted by Crippen LogP contribution is -2.22. The van der Waals surface area contributed by atoms with Gasteiger partial charge in [0.25, 0.3) is 0 Å². The van der Waals surface area contributed by atoms with Crippen molar-refractivity contribution in [2.75, 3.05) is 6.54 Å². The summed E-state index contributed by atoms with van der Waals surface area (Å²) in [5.41, 5.74) is 3.57. The van der Waals surface area contributed by atoms with Gasteiger partial charge in [-0.3, -0.25) is 4.98 Å². The van der Waals surface area contributed by atoms with E-state index >= 15 is 0 Å². The number of nitrogens with one attached hydrogen (secondary N) is 1. The zero-order valence-electron chi connectivity index (χ0n) is 11.1. The fourth-order valence-corrected chi connectivity index (χ4v) is 4.00. The Morgan fingerprint density at radius 2 is 2.05 bits per heavy atom. The van der Waals surface area contributed by atoms with Crippen LogP contribution in [0.3, 0.4) is 0 Å². The zero-order valence-corrected chi connectivity index (χ0v) is 13.5. The summed E-state index contributed by atoms with van der Waals surface area (Å²) in [6.07, 6.45) is 1.86. The van der Waals surface area contributed by atoms with Crippen LogP contribution >= 0.6 is 27.3 Å². The van der Waals surface area contributed by atoms with Gasteiger partial charge < -0.3 is 5.32 Å². The predicted octanol–water partition coefficient (Wildman–Crippen LogP) is 4.76. The van der Waals surface area contributed by atoms with E-state index in [1.54, 1.807) is 11.3 Å². The molecule has 1 atom stereocenters. The van der Waals surface area contributed by atoms with Crippen LogP contribution in [0.2, 0.25) is 0 Å². The quantitative estimate of drug-likeness (QED) is 0.736.